The molecule has 0 fully saturated rings. The smallest absolute Gasteiger partial charge is 0.310 e. The molecule has 0 aromatic carbocycles. The maximum Gasteiger partial charge on any atom is 0.310 e. The molecule has 0 heterocycles. The molecule has 0 aliphatic heterocycles. The van der Waals surface area contributed by atoms with E-state index in [0.29, 0.717) is 12.8 Å². The largest absolute Gasteiger partial charge is 0.462 e. The van der Waals surface area contributed by atoms with Crippen molar-refractivity contribution in [3.05, 3.63) is 72.9 Å². The monoisotopic (exact) mass is 879 g/mol. The Labute approximate surface area is 389 Å². The molecule has 0 spiro atoms. The summed E-state index contributed by atoms with van der Waals surface area (Å²) >= 11 is 0. The number of ether oxygens (including phenoxy) is 3. The lowest BCUT2D eigenvalue weighted by Gasteiger charge is -2.18. The topological polar surface area (TPSA) is 78.9 Å². The van der Waals surface area contributed by atoms with Crippen molar-refractivity contribution in [2.45, 2.75) is 258 Å². The highest BCUT2D eigenvalue weighted by Crippen LogP contribution is 2.15. The lowest BCUT2D eigenvalue weighted by molar-refractivity contribution is -0.166. The van der Waals surface area contributed by atoms with Gasteiger partial charge in [0.2, 0.25) is 0 Å². The van der Waals surface area contributed by atoms with Crippen molar-refractivity contribution in [3.63, 3.8) is 0 Å². The van der Waals surface area contributed by atoms with E-state index in [0.717, 1.165) is 70.6 Å². The Morgan fingerprint density at radius 1 is 0.349 bits per heavy atom. The first-order chi connectivity index (χ1) is 31.0. The highest BCUT2D eigenvalue weighted by Gasteiger charge is 2.19. The van der Waals surface area contributed by atoms with E-state index in [1.54, 1.807) is 6.08 Å². The van der Waals surface area contributed by atoms with Gasteiger partial charge in [-0.2, -0.15) is 0 Å². The summed E-state index contributed by atoms with van der Waals surface area (Å²) in [5, 5.41) is 0. The van der Waals surface area contributed by atoms with Crippen molar-refractivity contribution < 1.29 is 28.6 Å². The minimum absolute atomic E-state index is 0.0980. The molecule has 6 nitrogen and oxygen atoms in total. The molecule has 1 unspecified atom stereocenters. The molecule has 0 amide bonds. The standard InChI is InChI=1S/C57H98O6/c1-4-7-10-13-16-19-22-25-27-28-29-31-32-35-38-41-44-47-50-56(59)62-53-54(52-61-55(58)49-46-43-40-37-34-24-21-18-15-12-9-6-3)63-57(60)51-48-45-42-39-36-33-30-26-23-20-17-14-11-8-5-2/h8,11,17,20,26-28,30,36,39,45,48,54H,4-7,9-10,12-16,18-19,21-25,29,31-35,37-38,40-44,46-47,49-53H2,1-3H3/b11-8-,20-17-,28-27-,30-26-,39-36-,48-45-. The molecule has 0 aliphatic carbocycles. The fourth-order valence-electron chi connectivity index (χ4n) is 7.28. The van der Waals surface area contributed by atoms with Gasteiger partial charge in [0.25, 0.3) is 0 Å². The maximum absolute atomic E-state index is 12.7. The minimum atomic E-state index is -0.828. The van der Waals surface area contributed by atoms with Gasteiger partial charge < -0.3 is 14.2 Å². The Hall–Kier alpha value is -3.15. The average Bonchev–Trinajstić information content (AvgIpc) is 3.28. The third kappa shape index (κ3) is 49.7. The van der Waals surface area contributed by atoms with Crippen molar-refractivity contribution in [2.75, 3.05) is 13.2 Å². The van der Waals surface area contributed by atoms with Crippen LogP contribution in [0.1, 0.15) is 252 Å². The second-order valence-corrected chi connectivity index (χ2v) is 17.4. The van der Waals surface area contributed by atoms with Crippen molar-refractivity contribution in [2.24, 2.45) is 0 Å². The highest BCUT2D eigenvalue weighted by atomic mass is 16.6. The number of carbonyl (C=O) groups is 3. The second-order valence-electron chi connectivity index (χ2n) is 17.4. The van der Waals surface area contributed by atoms with Crippen molar-refractivity contribution in [1.29, 1.82) is 0 Å². The van der Waals surface area contributed by atoms with Crippen LogP contribution in [0.3, 0.4) is 0 Å². The molecule has 0 radical (unpaired) electrons. The molecular formula is C57H98O6. The van der Waals surface area contributed by atoms with Crippen LogP contribution in [-0.4, -0.2) is 37.2 Å². The van der Waals surface area contributed by atoms with Gasteiger partial charge in [-0.1, -0.05) is 235 Å². The second kappa shape index (κ2) is 51.5. The van der Waals surface area contributed by atoms with Gasteiger partial charge in [-0.15, -0.1) is 0 Å². The van der Waals surface area contributed by atoms with Gasteiger partial charge in [-0.05, 0) is 70.6 Å². The first-order valence-electron chi connectivity index (χ1n) is 26.4. The molecule has 0 saturated heterocycles. The third-order valence-corrected chi connectivity index (χ3v) is 11.2. The van der Waals surface area contributed by atoms with Crippen molar-refractivity contribution in [3.8, 4) is 0 Å². The summed E-state index contributed by atoms with van der Waals surface area (Å²) < 4.78 is 16.7. The molecule has 0 saturated carbocycles. The van der Waals surface area contributed by atoms with Gasteiger partial charge in [-0.3, -0.25) is 14.4 Å². The third-order valence-electron chi connectivity index (χ3n) is 11.2. The molecular weight excluding hydrogens is 781 g/mol. The number of carbonyl (C=O) groups excluding carboxylic acids is 3. The molecule has 0 N–H and O–H groups in total. The molecule has 0 aromatic rings. The Morgan fingerprint density at radius 3 is 1.03 bits per heavy atom. The quantitative estimate of drug-likeness (QED) is 0.0262. The Morgan fingerprint density at radius 2 is 0.667 bits per heavy atom. The lowest BCUT2D eigenvalue weighted by Crippen LogP contribution is -2.30. The Kier molecular flexibility index (Phi) is 48.9. The van der Waals surface area contributed by atoms with Gasteiger partial charge in [0.15, 0.2) is 6.10 Å². The summed E-state index contributed by atoms with van der Waals surface area (Å²) in [6, 6.07) is 0. The molecule has 0 rings (SSSR count). The normalized spacial score (nSPS) is 12.6. The zero-order chi connectivity index (χ0) is 45.8. The molecule has 6 heteroatoms. The van der Waals surface area contributed by atoms with Gasteiger partial charge in [-0.25, -0.2) is 0 Å². The molecule has 63 heavy (non-hydrogen) atoms. The zero-order valence-corrected chi connectivity index (χ0v) is 41.3. The van der Waals surface area contributed by atoms with Crippen molar-refractivity contribution >= 4 is 17.9 Å². The number of esters is 3. The SMILES string of the molecule is CC/C=C\C/C=C\C/C=C\C/C=C\C/C=C\CC(=O)OC(COC(=O)CCCCCCCCC/C=C\CCCCCCCCC)COC(=O)CCCCCCCCCCCCCC. The first kappa shape index (κ1) is 59.9. The summed E-state index contributed by atoms with van der Waals surface area (Å²) in [6.07, 6.45) is 64.8. The summed E-state index contributed by atoms with van der Waals surface area (Å²) in [5.41, 5.74) is 0. The van der Waals surface area contributed by atoms with Crippen LogP contribution in [0, 0.1) is 0 Å². The van der Waals surface area contributed by atoms with E-state index < -0.39 is 12.1 Å². The molecule has 0 aliphatic rings. The van der Waals surface area contributed by atoms with E-state index in [4.69, 9.17) is 14.2 Å². The fraction of sp³-hybridized carbons (Fsp3) is 0.737. The van der Waals surface area contributed by atoms with Crippen LogP contribution in [0.5, 0.6) is 0 Å². The Bertz CT molecular complexity index is 1190. The Balaban J connectivity index is 4.46. The molecule has 1 atom stereocenters. The highest BCUT2D eigenvalue weighted by molar-refractivity contribution is 5.72. The molecule has 0 bridgehead atoms. The number of allylic oxidation sites excluding steroid dienone is 11. The maximum atomic E-state index is 12.7. The van der Waals surface area contributed by atoms with E-state index in [1.807, 2.05) is 6.08 Å². The van der Waals surface area contributed by atoms with Crippen LogP contribution in [-0.2, 0) is 28.6 Å². The number of rotatable bonds is 47. The predicted molar refractivity (Wildman–Crippen MR) is 270 cm³/mol. The zero-order valence-electron chi connectivity index (χ0n) is 41.3. The van der Waals surface area contributed by atoms with E-state index >= 15 is 0 Å². The van der Waals surface area contributed by atoms with Crippen LogP contribution in [0.15, 0.2) is 72.9 Å². The van der Waals surface area contributed by atoms with Crippen LogP contribution >= 0.6 is 0 Å². The van der Waals surface area contributed by atoms with E-state index in [1.165, 1.54) is 141 Å². The summed E-state index contributed by atoms with van der Waals surface area (Å²) in [5.74, 6) is -1.04. The number of hydrogen-bond acceptors (Lipinski definition) is 6. The van der Waals surface area contributed by atoms with Crippen LogP contribution < -0.4 is 0 Å². The fourth-order valence-corrected chi connectivity index (χ4v) is 7.28. The molecule has 362 valence electrons. The lowest BCUT2D eigenvalue weighted by atomic mass is 10.0. The molecule has 0 aromatic heterocycles. The van der Waals surface area contributed by atoms with E-state index in [-0.39, 0.29) is 31.6 Å². The summed E-state index contributed by atoms with van der Waals surface area (Å²) in [4.78, 5) is 37.9. The van der Waals surface area contributed by atoms with Gasteiger partial charge in [0.1, 0.15) is 13.2 Å². The van der Waals surface area contributed by atoms with Gasteiger partial charge in [0.05, 0.1) is 6.42 Å². The average molecular weight is 879 g/mol. The minimum Gasteiger partial charge on any atom is -0.462 e. The van der Waals surface area contributed by atoms with Crippen LogP contribution in [0.4, 0.5) is 0 Å². The van der Waals surface area contributed by atoms with E-state index in [2.05, 4.69) is 81.5 Å². The predicted octanol–water partition coefficient (Wildman–Crippen LogP) is 17.4. The van der Waals surface area contributed by atoms with Crippen molar-refractivity contribution in [1.82, 2.24) is 0 Å². The number of unbranched alkanes of at least 4 members (excludes halogenated alkanes) is 25. The summed E-state index contributed by atoms with van der Waals surface area (Å²) in [7, 11) is 0. The van der Waals surface area contributed by atoms with Gasteiger partial charge >= 0.3 is 17.9 Å². The summed E-state index contributed by atoms with van der Waals surface area (Å²) in [6.45, 7) is 6.44. The van der Waals surface area contributed by atoms with Gasteiger partial charge in [0, 0.05) is 12.8 Å². The number of hydrogen-bond donors (Lipinski definition) is 0. The first-order valence-corrected chi connectivity index (χ1v) is 26.4. The van der Waals surface area contributed by atoms with Crippen LogP contribution in [0.25, 0.3) is 0 Å². The van der Waals surface area contributed by atoms with E-state index in [9.17, 15) is 14.4 Å². The van der Waals surface area contributed by atoms with Crippen LogP contribution in [0.2, 0.25) is 0 Å².